The summed E-state index contributed by atoms with van der Waals surface area (Å²) in [7, 11) is 0. The van der Waals surface area contributed by atoms with E-state index in [0.717, 1.165) is 44.3 Å². The minimum Gasteiger partial charge on any atom is -0.394 e. The van der Waals surface area contributed by atoms with Gasteiger partial charge in [-0.05, 0) is 31.6 Å². The van der Waals surface area contributed by atoms with Gasteiger partial charge in [0.05, 0.1) is 12.1 Å². The molecule has 1 unspecified atom stereocenters. The molecule has 2 aliphatic rings. The van der Waals surface area contributed by atoms with Crippen molar-refractivity contribution < 1.29 is 14.4 Å². The van der Waals surface area contributed by atoms with Gasteiger partial charge in [0.2, 0.25) is 5.89 Å². The fraction of sp³-hybridized carbons (Fsp3) is 0.812. The molecule has 0 aliphatic heterocycles. The second-order valence-electron chi connectivity index (χ2n) is 7.23. The number of rotatable bonds is 6. The van der Waals surface area contributed by atoms with Gasteiger partial charge in [0.15, 0.2) is 5.82 Å². The van der Waals surface area contributed by atoms with Gasteiger partial charge in [0.25, 0.3) is 0 Å². The maximum Gasteiger partial charge on any atom is 0.315 e. The summed E-state index contributed by atoms with van der Waals surface area (Å²) in [5.74, 6) is 1.75. The first kappa shape index (κ1) is 16.2. The lowest BCUT2D eigenvalue weighted by atomic mass is 9.99. The molecule has 2 amide bonds. The Kier molecular flexibility index (Phi) is 4.57. The van der Waals surface area contributed by atoms with Crippen LogP contribution in [0.2, 0.25) is 0 Å². The quantitative estimate of drug-likeness (QED) is 0.746. The lowest BCUT2D eigenvalue weighted by Gasteiger charge is -2.29. The molecule has 0 aromatic carbocycles. The minimum atomic E-state index is -0.486. The summed E-state index contributed by atoms with van der Waals surface area (Å²) in [4.78, 5) is 16.8. The Morgan fingerprint density at radius 3 is 2.65 bits per heavy atom. The third kappa shape index (κ3) is 3.65. The van der Waals surface area contributed by atoms with Crippen molar-refractivity contribution in [2.45, 2.75) is 69.9 Å². The number of hydrogen-bond acceptors (Lipinski definition) is 5. The SMILES string of the molecule is CC(C)C(NC(=O)NC1(CO)CCCC1)c1nc(C2CC2)no1. The van der Waals surface area contributed by atoms with Gasteiger partial charge in [0.1, 0.15) is 6.04 Å². The molecule has 23 heavy (non-hydrogen) atoms. The first-order chi connectivity index (χ1) is 11.0. The molecule has 1 atom stereocenters. The van der Waals surface area contributed by atoms with Gasteiger partial charge in [0, 0.05) is 5.92 Å². The molecule has 1 aromatic rings. The van der Waals surface area contributed by atoms with E-state index < -0.39 is 5.54 Å². The molecule has 7 heteroatoms. The first-order valence-electron chi connectivity index (χ1n) is 8.56. The van der Waals surface area contributed by atoms with E-state index >= 15 is 0 Å². The van der Waals surface area contributed by atoms with Gasteiger partial charge in [-0.2, -0.15) is 4.98 Å². The Bertz CT molecular complexity index is 547. The Morgan fingerprint density at radius 2 is 2.09 bits per heavy atom. The molecule has 0 radical (unpaired) electrons. The largest absolute Gasteiger partial charge is 0.394 e. The van der Waals surface area contributed by atoms with Crippen LogP contribution in [0.4, 0.5) is 4.79 Å². The summed E-state index contributed by atoms with van der Waals surface area (Å²) in [5.41, 5.74) is -0.486. The molecule has 2 saturated carbocycles. The molecule has 2 fully saturated rings. The van der Waals surface area contributed by atoms with E-state index in [1.54, 1.807) is 0 Å². The van der Waals surface area contributed by atoms with Crippen molar-refractivity contribution >= 4 is 6.03 Å². The molecule has 2 aliphatic carbocycles. The molecule has 7 nitrogen and oxygen atoms in total. The summed E-state index contributed by atoms with van der Waals surface area (Å²) in [5, 5.41) is 19.5. The van der Waals surface area contributed by atoms with E-state index in [1.165, 1.54) is 0 Å². The maximum absolute atomic E-state index is 12.4. The van der Waals surface area contributed by atoms with Crippen molar-refractivity contribution in [3.8, 4) is 0 Å². The lowest BCUT2D eigenvalue weighted by Crippen LogP contribution is -2.53. The highest BCUT2D eigenvalue weighted by Gasteiger charge is 2.36. The predicted octanol–water partition coefficient (Wildman–Crippen LogP) is 2.25. The van der Waals surface area contributed by atoms with Crippen LogP contribution in [0.3, 0.4) is 0 Å². The van der Waals surface area contributed by atoms with Crippen molar-refractivity contribution in [3.05, 3.63) is 11.7 Å². The molecular weight excluding hydrogens is 296 g/mol. The Balaban J connectivity index is 1.65. The minimum absolute atomic E-state index is 0.0286. The van der Waals surface area contributed by atoms with Gasteiger partial charge >= 0.3 is 6.03 Å². The number of carbonyl (C=O) groups excluding carboxylic acids is 1. The molecule has 0 bridgehead atoms. The number of carbonyl (C=O) groups is 1. The zero-order valence-electron chi connectivity index (χ0n) is 13.8. The molecular formula is C16H26N4O3. The van der Waals surface area contributed by atoms with E-state index in [4.69, 9.17) is 4.52 Å². The number of aliphatic hydroxyl groups excluding tert-OH is 1. The smallest absolute Gasteiger partial charge is 0.315 e. The average Bonchev–Trinajstić information content (AvgIpc) is 3.08. The van der Waals surface area contributed by atoms with Crippen LogP contribution in [-0.4, -0.2) is 33.4 Å². The molecule has 1 heterocycles. The Hall–Kier alpha value is -1.63. The van der Waals surface area contributed by atoms with Crippen molar-refractivity contribution in [2.24, 2.45) is 5.92 Å². The highest BCUT2D eigenvalue weighted by Crippen LogP contribution is 2.38. The van der Waals surface area contributed by atoms with Gasteiger partial charge in [-0.1, -0.05) is 31.8 Å². The maximum atomic E-state index is 12.4. The van der Waals surface area contributed by atoms with Crippen LogP contribution in [0.5, 0.6) is 0 Å². The monoisotopic (exact) mass is 322 g/mol. The van der Waals surface area contributed by atoms with E-state index in [2.05, 4.69) is 20.8 Å². The number of nitrogens with zero attached hydrogens (tertiary/aromatic N) is 2. The first-order valence-corrected chi connectivity index (χ1v) is 8.56. The topological polar surface area (TPSA) is 100 Å². The molecule has 0 saturated heterocycles. The van der Waals surface area contributed by atoms with E-state index in [1.807, 2.05) is 13.8 Å². The van der Waals surface area contributed by atoms with Gasteiger partial charge < -0.3 is 20.3 Å². The average molecular weight is 322 g/mol. The molecule has 3 rings (SSSR count). The number of amides is 2. The number of nitrogens with one attached hydrogen (secondary N) is 2. The van der Waals surface area contributed by atoms with Crippen LogP contribution in [-0.2, 0) is 0 Å². The zero-order valence-corrected chi connectivity index (χ0v) is 13.8. The summed E-state index contributed by atoms with van der Waals surface area (Å²) < 4.78 is 5.36. The van der Waals surface area contributed by atoms with Gasteiger partial charge in [-0.15, -0.1) is 0 Å². The van der Waals surface area contributed by atoms with Crippen LogP contribution in [0, 0.1) is 5.92 Å². The molecule has 128 valence electrons. The Morgan fingerprint density at radius 1 is 1.39 bits per heavy atom. The lowest BCUT2D eigenvalue weighted by molar-refractivity contribution is 0.159. The second-order valence-corrected chi connectivity index (χ2v) is 7.23. The predicted molar refractivity (Wildman–Crippen MR) is 83.8 cm³/mol. The van der Waals surface area contributed by atoms with Crippen molar-refractivity contribution in [2.75, 3.05) is 6.61 Å². The zero-order chi connectivity index (χ0) is 16.4. The fourth-order valence-electron chi connectivity index (χ4n) is 3.19. The normalized spacial score (nSPS) is 21.4. The fourth-order valence-corrected chi connectivity index (χ4v) is 3.19. The molecule has 0 spiro atoms. The standard InChI is InChI=1S/C16H26N4O3/c1-10(2)12(14-18-13(20-23-14)11-5-6-11)17-15(22)19-16(9-21)7-3-4-8-16/h10-12,21H,3-9H2,1-2H3,(H2,17,19,22). The highest BCUT2D eigenvalue weighted by molar-refractivity contribution is 5.75. The van der Waals surface area contributed by atoms with Crippen LogP contribution in [0.1, 0.15) is 76.0 Å². The third-order valence-corrected chi connectivity index (χ3v) is 4.86. The number of aromatic nitrogens is 2. The van der Waals surface area contributed by atoms with Gasteiger partial charge in [-0.25, -0.2) is 4.79 Å². The number of hydrogen-bond donors (Lipinski definition) is 3. The van der Waals surface area contributed by atoms with Crippen LogP contribution in [0.25, 0.3) is 0 Å². The molecule has 3 N–H and O–H groups in total. The van der Waals surface area contributed by atoms with Gasteiger partial charge in [-0.3, -0.25) is 0 Å². The van der Waals surface area contributed by atoms with E-state index in [0.29, 0.717) is 11.8 Å². The van der Waals surface area contributed by atoms with Crippen molar-refractivity contribution in [1.82, 2.24) is 20.8 Å². The summed E-state index contributed by atoms with van der Waals surface area (Å²) in [6, 6.07) is -0.613. The van der Waals surface area contributed by atoms with Crippen molar-refractivity contribution in [1.29, 1.82) is 0 Å². The van der Waals surface area contributed by atoms with Crippen LogP contribution in [0.15, 0.2) is 4.52 Å². The molecule has 1 aromatic heterocycles. The highest BCUT2D eigenvalue weighted by atomic mass is 16.5. The van der Waals surface area contributed by atoms with Crippen LogP contribution < -0.4 is 10.6 Å². The summed E-state index contributed by atoms with van der Waals surface area (Å²) >= 11 is 0. The van der Waals surface area contributed by atoms with E-state index in [-0.39, 0.29) is 24.6 Å². The second kappa shape index (κ2) is 6.47. The number of urea groups is 1. The summed E-state index contributed by atoms with van der Waals surface area (Å²) in [6.07, 6.45) is 5.91. The van der Waals surface area contributed by atoms with E-state index in [9.17, 15) is 9.90 Å². The Labute approximate surface area is 136 Å². The van der Waals surface area contributed by atoms with Crippen LogP contribution >= 0.6 is 0 Å². The third-order valence-electron chi connectivity index (χ3n) is 4.86. The summed E-state index contributed by atoms with van der Waals surface area (Å²) in [6.45, 7) is 3.98. The van der Waals surface area contributed by atoms with Crippen molar-refractivity contribution in [3.63, 3.8) is 0 Å². The number of aliphatic hydroxyl groups is 1.